The zero-order valence-electron chi connectivity index (χ0n) is 16.3. The molecular weight excluding hydrogens is 354 g/mol. The van der Waals surface area contributed by atoms with Crippen LogP contribution in [0.1, 0.15) is 55.4 Å². The van der Waals surface area contributed by atoms with E-state index in [9.17, 15) is 14.7 Å². The number of carbonyl (C=O) groups is 2. The van der Waals surface area contributed by atoms with Gasteiger partial charge in [-0.2, -0.15) is 5.10 Å². The van der Waals surface area contributed by atoms with Crippen molar-refractivity contribution < 1.29 is 14.7 Å². The fraction of sp³-hybridized carbons (Fsp3) is 0.500. The summed E-state index contributed by atoms with van der Waals surface area (Å²) < 4.78 is 2.03. The third-order valence-electron chi connectivity index (χ3n) is 6.04. The molecular formula is C22H27N3O3. The lowest BCUT2D eigenvalue weighted by Crippen LogP contribution is -2.45. The highest BCUT2D eigenvalue weighted by molar-refractivity contribution is 6.00. The van der Waals surface area contributed by atoms with Crippen LogP contribution in [0.25, 0.3) is 11.3 Å². The maximum absolute atomic E-state index is 13.4. The van der Waals surface area contributed by atoms with Gasteiger partial charge in [0.2, 0.25) is 0 Å². The molecule has 0 radical (unpaired) electrons. The third kappa shape index (κ3) is 3.55. The molecule has 0 bridgehead atoms. The summed E-state index contributed by atoms with van der Waals surface area (Å²) in [7, 11) is 0. The van der Waals surface area contributed by atoms with Gasteiger partial charge in [-0.15, -0.1) is 0 Å². The van der Waals surface area contributed by atoms with Gasteiger partial charge in [0, 0.05) is 18.7 Å². The Balaban J connectivity index is 1.71. The number of carboxylic acid groups (broad SMARTS) is 1. The number of nitrogens with zero attached hydrogens (tertiary/aromatic N) is 3. The number of hydrogen-bond acceptors (Lipinski definition) is 3. The van der Waals surface area contributed by atoms with Crippen molar-refractivity contribution in [1.82, 2.24) is 14.7 Å². The number of likely N-dealkylation sites (tertiary alicyclic amines) is 1. The third-order valence-corrected chi connectivity index (χ3v) is 6.04. The van der Waals surface area contributed by atoms with Crippen LogP contribution in [0.2, 0.25) is 0 Å². The number of amides is 1. The van der Waals surface area contributed by atoms with E-state index in [1.807, 2.05) is 41.9 Å². The Morgan fingerprint density at radius 3 is 2.50 bits per heavy atom. The van der Waals surface area contributed by atoms with E-state index in [1.54, 1.807) is 11.1 Å². The highest BCUT2D eigenvalue weighted by Gasteiger charge is 2.34. The van der Waals surface area contributed by atoms with Crippen LogP contribution in [-0.4, -0.2) is 44.8 Å². The maximum Gasteiger partial charge on any atom is 0.308 e. The summed E-state index contributed by atoms with van der Waals surface area (Å²) in [4.78, 5) is 26.6. The number of hydrogen-bond donors (Lipinski definition) is 1. The Hall–Kier alpha value is -2.63. The number of piperidine rings is 1. The average molecular weight is 381 g/mol. The van der Waals surface area contributed by atoms with Crippen LogP contribution in [0, 0.1) is 11.8 Å². The van der Waals surface area contributed by atoms with E-state index in [2.05, 4.69) is 5.10 Å². The van der Waals surface area contributed by atoms with Crippen molar-refractivity contribution in [2.24, 2.45) is 11.8 Å². The monoisotopic (exact) mass is 381 g/mol. The SMILES string of the molecule is CC1CC(C(=O)O)CN(C(=O)c2cnn(C3CCCC3)c2-c2ccccc2)C1. The molecule has 2 unspecified atom stereocenters. The molecule has 1 amide bonds. The van der Waals surface area contributed by atoms with Gasteiger partial charge < -0.3 is 10.0 Å². The minimum Gasteiger partial charge on any atom is -0.481 e. The molecule has 1 aromatic heterocycles. The van der Waals surface area contributed by atoms with Crippen LogP contribution < -0.4 is 0 Å². The predicted molar refractivity (Wildman–Crippen MR) is 106 cm³/mol. The standard InChI is InChI=1S/C22H27N3O3/c1-15-11-17(22(27)28)14-24(13-15)21(26)19-12-23-25(18-9-5-6-10-18)20(19)16-7-3-2-4-8-16/h2-4,7-8,12,15,17-18H,5-6,9-11,13-14H2,1H3,(H,27,28). The number of carboxylic acids is 1. The van der Waals surface area contributed by atoms with Gasteiger partial charge in [0.15, 0.2) is 0 Å². The first-order chi connectivity index (χ1) is 13.5. The van der Waals surface area contributed by atoms with E-state index in [0.29, 0.717) is 24.6 Å². The number of carbonyl (C=O) groups excluding carboxylic acids is 1. The van der Waals surface area contributed by atoms with Crippen molar-refractivity contribution in [1.29, 1.82) is 0 Å². The Labute approximate surface area is 165 Å². The van der Waals surface area contributed by atoms with Gasteiger partial charge in [-0.3, -0.25) is 14.3 Å². The van der Waals surface area contributed by atoms with Crippen LogP contribution in [0.5, 0.6) is 0 Å². The lowest BCUT2D eigenvalue weighted by atomic mass is 9.90. The van der Waals surface area contributed by atoms with Crippen molar-refractivity contribution in [3.05, 3.63) is 42.1 Å². The lowest BCUT2D eigenvalue weighted by Gasteiger charge is -2.34. The maximum atomic E-state index is 13.4. The van der Waals surface area contributed by atoms with Gasteiger partial charge in [0.1, 0.15) is 0 Å². The first kappa shape index (κ1) is 18.7. The summed E-state index contributed by atoms with van der Waals surface area (Å²) in [5, 5.41) is 14.1. The van der Waals surface area contributed by atoms with Gasteiger partial charge in [-0.25, -0.2) is 0 Å². The van der Waals surface area contributed by atoms with Crippen LogP contribution in [0.3, 0.4) is 0 Å². The normalized spacial score (nSPS) is 23.1. The molecule has 2 heterocycles. The summed E-state index contributed by atoms with van der Waals surface area (Å²) >= 11 is 0. The molecule has 28 heavy (non-hydrogen) atoms. The molecule has 4 rings (SSSR count). The molecule has 1 saturated carbocycles. The fourth-order valence-corrected chi connectivity index (χ4v) is 4.69. The van der Waals surface area contributed by atoms with Crippen molar-refractivity contribution in [2.45, 2.75) is 45.1 Å². The molecule has 2 aliphatic rings. The van der Waals surface area contributed by atoms with E-state index in [1.165, 1.54) is 12.8 Å². The molecule has 1 aliphatic heterocycles. The largest absolute Gasteiger partial charge is 0.481 e. The summed E-state index contributed by atoms with van der Waals surface area (Å²) in [6, 6.07) is 10.3. The molecule has 6 heteroatoms. The zero-order chi connectivity index (χ0) is 19.7. The molecule has 6 nitrogen and oxygen atoms in total. The van der Waals surface area contributed by atoms with Crippen molar-refractivity contribution in [2.75, 3.05) is 13.1 Å². The summed E-state index contributed by atoms with van der Waals surface area (Å²) in [5.41, 5.74) is 2.43. The van der Waals surface area contributed by atoms with Crippen LogP contribution in [-0.2, 0) is 4.79 Å². The first-order valence-corrected chi connectivity index (χ1v) is 10.2. The van der Waals surface area contributed by atoms with Crippen molar-refractivity contribution in [3.8, 4) is 11.3 Å². The van der Waals surface area contributed by atoms with Crippen LogP contribution in [0.15, 0.2) is 36.5 Å². The average Bonchev–Trinajstić information content (AvgIpc) is 3.37. The van der Waals surface area contributed by atoms with Gasteiger partial charge >= 0.3 is 5.97 Å². The number of aliphatic carboxylic acids is 1. The number of benzene rings is 1. The van der Waals surface area contributed by atoms with Crippen LogP contribution >= 0.6 is 0 Å². The molecule has 2 atom stereocenters. The van der Waals surface area contributed by atoms with Gasteiger partial charge in [-0.1, -0.05) is 50.1 Å². The predicted octanol–water partition coefficient (Wildman–Crippen LogP) is 3.85. The first-order valence-electron chi connectivity index (χ1n) is 10.2. The van der Waals surface area contributed by atoms with E-state index >= 15 is 0 Å². The van der Waals surface area contributed by atoms with E-state index in [4.69, 9.17) is 0 Å². The molecule has 0 spiro atoms. The van der Waals surface area contributed by atoms with Crippen molar-refractivity contribution >= 4 is 11.9 Å². The lowest BCUT2D eigenvalue weighted by molar-refractivity contribution is -0.143. The van der Waals surface area contributed by atoms with E-state index < -0.39 is 11.9 Å². The Morgan fingerprint density at radius 2 is 1.82 bits per heavy atom. The second kappa shape index (κ2) is 7.78. The highest BCUT2D eigenvalue weighted by atomic mass is 16.4. The molecule has 1 aromatic carbocycles. The smallest absolute Gasteiger partial charge is 0.308 e. The molecule has 1 saturated heterocycles. The Bertz CT molecular complexity index is 855. The minimum absolute atomic E-state index is 0.110. The number of aromatic nitrogens is 2. The summed E-state index contributed by atoms with van der Waals surface area (Å²) in [6.07, 6.45) is 6.83. The molecule has 2 aromatic rings. The Morgan fingerprint density at radius 1 is 1.11 bits per heavy atom. The Kier molecular flexibility index (Phi) is 5.20. The highest BCUT2D eigenvalue weighted by Crippen LogP contribution is 2.35. The molecule has 2 fully saturated rings. The van der Waals surface area contributed by atoms with Gasteiger partial charge in [0.25, 0.3) is 5.91 Å². The molecule has 148 valence electrons. The second-order valence-electron chi connectivity index (χ2n) is 8.24. The van der Waals surface area contributed by atoms with Crippen molar-refractivity contribution in [3.63, 3.8) is 0 Å². The van der Waals surface area contributed by atoms with Gasteiger partial charge in [-0.05, 0) is 25.2 Å². The molecule has 1 aliphatic carbocycles. The molecule has 1 N–H and O–H groups in total. The summed E-state index contributed by atoms with van der Waals surface area (Å²) in [5.74, 6) is -1.27. The summed E-state index contributed by atoms with van der Waals surface area (Å²) in [6.45, 7) is 2.86. The zero-order valence-corrected chi connectivity index (χ0v) is 16.3. The fourth-order valence-electron chi connectivity index (χ4n) is 4.69. The van der Waals surface area contributed by atoms with Crippen LogP contribution in [0.4, 0.5) is 0 Å². The number of rotatable bonds is 4. The second-order valence-corrected chi connectivity index (χ2v) is 8.24. The topological polar surface area (TPSA) is 75.4 Å². The quantitative estimate of drug-likeness (QED) is 0.873. The van der Waals surface area contributed by atoms with E-state index in [0.717, 1.165) is 24.1 Å². The van der Waals surface area contributed by atoms with Gasteiger partial charge in [0.05, 0.1) is 29.4 Å². The van der Waals surface area contributed by atoms with E-state index in [-0.39, 0.29) is 18.4 Å². The minimum atomic E-state index is -0.825.